The van der Waals surface area contributed by atoms with Crippen LogP contribution in [0.25, 0.3) is 11.1 Å². The van der Waals surface area contributed by atoms with Crippen molar-refractivity contribution in [1.82, 2.24) is 4.98 Å². The Morgan fingerprint density at radius 3 is 2.14 bits per heavy atom. The Hall–Kier alpha value is -2.56. The van der Waals surface area contributed by atoms with Crippen LogP contribution in [-0.2, 0) is 0 Å². The van der Waals surface area contributed by atoms with E-state index in [4.69, 9.17) is 0 Å². The Morgan fingerprint density at radius 2 is 1.68 bits per heavy atom. The molecule has 0 aliphatic carbocycles. The number of nitrogens with zero attached hydrogens (tertiary/aromatic N) is 2. The smallest absolute Gasteiger partial charge is 0.270 e. The van der Waals surface area contributed by atoms with Gasteiger partial charge in [-0.15, -0.1) is 0 Å². The number of rotatable bonds is 3. The number of non-ortho nitro benzene ring substituents is 1. The Morgan fingerprint density at radius 1 is 1.05 bits per heavy atom. The second-order valence-electron chi connectivity index (χ2n) is 3.88. The van der Waals surface area contributed by atoms with Crippen LogP contribution in [0.4, 0.5) is 5.69 Å². The molecule has 0 saturated heterocycles. The highest BCUT2D eigenvalue weighted by Crippen LogP contribution is 2.25. The highest BCUT2D eigenvalue weighted by Gasteiger charge is 2.10. The van der Waals surface area contributed by atoms with Crippen molar-refractivity contribution in [3.63, 3.8) is 0 Å². The van der Waals surface area contributed by atoms with Gasteiger partial charge >= 0.3 is 0 Å². The van der Waals surface area contributed by atoms with E-state index in [1.807, 2.05) is 46.8 Å². The van der Waals surface area contributed by atoms with Crippen LogP contribution in [0.2, 0.25) is 0 Å². The molecule has 0 aliphatic heterocycles. The summed E-state index contributed by atoms with van der Waals surface area (Å²) in [6.45, 7) is 9.86. The molecule has 0 radical (unpaired) electrons. The molecule has 118 valence electrons. The van der Waals surface area contributed by atoms with Crippen LogP contribution < -0.4 is 0 Å². The fourth-order valence-corrected chi connectivity index (χ4v) is 1.61. The minimum absolute atomic E-state index is 0.102. The number of nitro groups is 1. The zero-order valence-corrected chi connectivity index (χ0v) is 13.7. The molecular formula is C17H22N2O3. The predicted octanol–water partition coefficient (Wildman–Crippen LogP) is 4.83. The molecule has 1 aromatic carbocycles. The molecule has 0 bridgehead atoms. The van der Waals surface area contributed by atoms with Crippen LogP contribution in [0.15, 0.2) is 36.5 Å². The van der Waals surface area contributed by atoms with Crippen LogP contribution in [0.5, 0.6) is 0 Å². The second kappa shape index (κ2) is 10.2. The number of carbonyl (C=O) groups is 1. The van der Waals surface area contributed by atoms with Crippen LogP contribution in [0, 0.1) is 17.0 Å². The van der Waals surface area contributed by atoms with Crippen molar-refractivity contribution < 1.29 is 9.72 Å². The van der Waals surface area contributed by atoms with E-state index < -0.39 is 4.92 Å². The van der Waals surface area contributed by atoms with Gasteiger partial charge in [0.05, 0.1) is 4.92 Å². The first-order valence-electron chi connectivity index (χ1n) is 7.28. The van der Waals surface area contributed by atoms with E-state index in [0.717, 1.165) is 11.3 Å². The summed E-state index contributed by atoms with van der Waals surface area (Å²) in [4.78, 5) is 25.2. The van der Waals surface area contributed by atoms with Gasteiger partial charge in [-0.05, 0) is 24.6 Å². The molecule has 0 spiro atoms. The Bertz CT molecular complexity index is 608. The van der Waals surface area contributed by atoms with Crippen molar-refractivity contribution in [3.8, 4) is 11.1 Å². The summed E-state index contributed by atoms with van der Waals surface area (Å²) in [6.07, 6.45) is 2.22. The number of aryl methyl sites for hydroxylation is 1. The third-order valence-corrected chi connectivity index (χ3v) is 2.53. The first-order chi connectivity index (χ1) is 10.6. The van der Waals surface area contributed by atoms with E-state index in [9.17, 15) is 14.9 Å². The number of hydrogen-bond acceptors (Lipinski definition) is 4. The van der Waals surface area contributed by atoms with E-state index in [2.05, 4.69) is 4.98 Å². The number of pyridine rings is 1. The van der Waals surface area contributed by atoms with Crippen molar-refractivity contribution in [1.29, 1.82) is 0 Å². The van der Waals surface area contributed by atoms with Crippen molar-refractivity contribution in [3.05, 3.63) is 57.9 Å². The third-order valence-electron chi connectivity index (χ3n) is 2.53. The minimum atomic E-state index is -0.516. The van der Waals surface area contributed by atoms with E-state index in [1.165, 1.54) is 12.1 Å². The number of hydrogen-bond donors (Lipinski definition) is 0. The molecule has 0 unspecified atom stereocenters. The summed E-state index contributed by atoms with van der Waals surface area (Å²) in [6, 6.07) is 7.91. The number of benzene rings is 1. The van der Waals surface area contributed by atoms with Crippen LogP contribution in [0.3, 0.4) is 0 Å². The molecule has 22 heavy (non-hydrogen) atoms. The highest BCUT2D eigenvalue weighted by molar-refractivity contribution is 5.81. The van der Waals surface area contributed by atoms with Gasteiger partial charge in [0.15, 0.2) is 0 Å². The van der Waals surface area contributed by atoms with Gasteiger partial charge in [0.2, 0.25) is 0 Å². The molecule has 0 amide bonds. The minimum Gasteiger partial charge on any atom is -0.298 e. The maximum absolute atomic E-state index is 10.8. The second-order valence-corrected chi connectivity index (χ2v) is 3.88. The van der Waals surface area contributed by atoms with Crippen molar-refractivity contribution in [2.75, 3.05) is 0 Å². The molecule has 0 aliphatic rings. The number of carbonyl (C=O) groups excluding carboxylic acids is 1. The highest BCUT2D eigenvalue weighted by atomic mass is 16.6. The normalized spacial score (nSPS) is 8.77. The molecule has 0 saturated carbocycles. The van der Waals surface area contributed by atoms with Gasteiger partial charge in [-0.2, -0.15) is 0 Å². The molecule has 2 rings (SSSR count). The first-order valence-corrected chi connectivity index (χ1v) is 7.28. The molecule has 0 atom stereocenters. The monoisotopic (exact) mass is 302 g/mol. The fourth-order valence-electron chi connectivity index (χ4n) is 1.61. The van der Waals surface area contributed by atoms with Crippen molar-refractivity contribution >= 4 is 12.0 Å². The molecule has 5 nitrogen and oxygen atoms in total. The first kappa shape index (κ1) is 19.4. The summed E-state index contributed by atoms with van der Waals surface area (Å²) >= 11 is 0. The molecular weight excluding hydrogens is 280 g/mol. The fraction of sp³-hybridized carbons (Fsp3) is 0.294. The van der Waals surface area contributed by atoms with Crippen LogP contribution in [0.1, 0.15) is 43.7 Å². The lowest BCUT2D eigenvalue weighted by molar-refractivity contribution is -0.384. The van der Waals surface area contributed by atoms with Gasteiger partial charge < -0.3 is 0 Å². The Balaban J connectivity index is 0.00000102. The average molecular weight is 302 g/mol. The quantitative estimate of drug-likeness (QED) is 0.462. The van der Waals surface area contributed by atoms with Gasteiger partial charge in [0.25, 0.3) is 5.69 Å². The van der Waals surface area contributed by atoms with Crippen molar-refractivity contribution in [2.45, 2.75) is 34.6 Å². The summed E-state index contributed by atoms with van der Waals surface area (Å²) in [5, 5.41) is 10.8. The average Bonchev–Trinajstić information content (AvgIpc) is 2.58. The maximum Gasteiger partial charge on any atom is 0.270 e. The lowest BCUT2D eigenvalue weighted by Gasteiger charge is -2.03. The van der Waals surface area contributed by atoms with Crippen molar-refractivity contribution in [2.24, 2.45) is 0 Å². The largest absolute Gasteiger partial charge is 0.298 e. The zero-order chi connectivity index (χ0) is 17.1. The molecule has 1 heterocycles. The zero-order valence-electron chi connectivity index (χ0n) is 13.7. The van der Waals surface area contributed by atoms with Gasteiger partial charge in [-0.25, -0.2) is 0 Å². The predicted molar refractivity (Wildman–Crippen MR) is 89.1 cm³/mol. The maximum atomic E-state index is 10.8. The third kappa shape index (κ3) is 5.44. The molecule has 2 aromatic rings. The topological polar surface area (TPSA) is 73.1 Å². The van der Waals surface area contributed by atoms with Crippen LogP contribution >= 0.6 is 0 Å². The van der Waals surface area contributed by atoms with Gasteiger partial charge in [-0.1, -0.05) is 33.8 Å². The summed E-state index contributed by atoms with van der Waals surface area (Å²) < 4.78 is 0. The van der Waals surface area contributed by atoms with Crippen LogP contribution in [-0.4, -0.2) is 16.2 Å². The van der Waals surface area contributed by atoms with Gasteiger partial charge in [0, 0.05) is 35.2 Å². The standard InChI is InChI=1S/C13H10N2O3.2C2H6/c1-9-2-3-11(7-14-9)12-4-10(8-16)5-13(6-12)15(17)18;2*1-2/h2-8H,1H3;2*1-2H3. The molecule has 0 fully saturated rings. The van der Waals surface area contributed by atoms with E-state index in [1.54, 1.807) is 12.3 Å². The molecule has 5 heteroatoms. The SMILES string of the molecule is CC.CC.Cc1ccc(-c2cc(C=O)cc([N+](=O)[O-])c2)cn1. The Kier molecular flexibility index (Phi) is 9.02. The van der Waals surface area contributed by atoms with Gasteiger partial charge in [0.1, 0.15) is 6.29 Å². The van der Waals surface area contributed by atoms with Gasteiger partial charge in [-0.3, -0.25) is 19.9 Å². The lowest BCUT2D eigenvalue weighted by Crippen LogP contribution is -1.92. The summed E-state index contributed by atoms with van der Waals surface area (Å²) in [5.74, 6) is 0. The molecule has 1 aromatic heterocycles. The van der Waals surface area contributed by atoms with E-state index in [-0.39, 0.29) is 11.3 Å². The Labute approximate surface area is 131 Å². The summed E-state index contributed by atoms with van der Waals surface area (Å²) in [5.41, 5.74) is 2.39. The summed E-state index contributed by atoms with van der Waals surface area (Å²) in [7, 11) is 0. The van der Waals surface area contributed by atoms with E-state index >= 15 is 0 Å². The number of aldehydes is 1. The number of aromatic nitrogens is 1. The molecule has 0 N–H and O–H groups in total. The lowest BCUT2D eigenvalue weighted by atomic mass is 10.0. The number of nitro benzene ring substituents is 1. The van der Waals surface area contributed by atoms with E-state index in [0.29, 0.717) is 11.8 Å².